The fourth-order valence-corrected chi connectivity index (χ4v) is 4.84. The van der Waals surface area contributed by atoms with Crippen molar-refractivity contribution in [1.82, 2.24) is 20.4 Å². The number of nitrogens with one attached hydrogen (secondary N) is 1. The summed E-state index contributed by atoms with van der Waals surface area (Å²) in [5, 5.41) is 19.2. The van der Waals surface area contributed by atoms with Crippen LogP contribution in [0.5, 0.6) is 0 Å². The molecule has 1 unspecified atom stereocenters. The molecule has 10 nitrogen and oxygen atoms in total. The van der Waals surface area contributed by atoms with Gasteiger partial charge < -0.3 is 14.6 Å². The SMILES string of the molecule is C=CCCC1=C(C(=O)OCC)C(c2cccc([N+](=O)[O-])c2)C(c2nc(CN(C)Cc3ccccc3)no2)=C(C)N1. The van der Waals surface area contributed by atoms with E-state index in [9.17, 15) is 14.9 Å². The first kappa shape index (κ1) is 28.4. The Bertz CT molecular complexity index is 1440. The lowest BCUT2D eigenvalue weighted by Crippen LogP contribution is -2.30. The minimum absolute atomic E-state index is 0.0855. The molecular formula is C30H33N5O5. The number of aromatic nitrogens is 2. The number of esters is 1. The van der Waals surface area contributed by atoms with Crippen molar-refractivity contribution in [2.45, 2.75) is 45.7 Å². The summed E-state index contributed by atoms with van der Waals surface area (Å²) in [5.41, 5.74) is 3.91. The molecule has 1 atom stereocenters. The number of rotatable bonds is 12. The topological polar surface area (TPSA) is 124 Å². The molecular weight excluding hydrogens is 510 g/mol. The van der Waals surface area contributed by atoms with Crippen LogP contribution in [0.1, 0.15) is 55.4 Å². The first-order chi connectivity index (χ1) is 19.3. The molecule has 1 aromatic heterocycles. The lowest BCUT2D eigenvalue weighted by molar-refractivity contribution is -0.384. The number of nitro benzene ring substituents is 1. The normalized spacial score (nSPS) is 15.2. The lowest BCUT2D eigenvalue weighted by atomic mass is 9.79. The van der Waals surface area contributed by atoms with Crippen LogP contribution >= 0.6 is 0 Å². The lowest BCUT2D eigenvalue weighted by Gasteiger charge is -2.31. The summed E-state index contributed by atoms with van der Waals surface area (Å²) in [6.07, 6.45) is 2.89. The van der Waals surface area contributed by atoms with Crippen molar-refractivity contribution in [2.75, 3.05) is 13.7 Å². The number of hydrogen-bond acceptors (Lipinski definition) is 9. The zero-order valence-corrected chi connectivity index (χ0v) is 22.9. The van der Waals surface area contributed by atoms with E-state index >= 15 is 0 Å². The zero-order valence-electron chi connectivity index (χ0n) is 22.9. The number of allylic oxidation sites excluding steroid dienone is 4. The molecule has 0 aliphatic carbocycles. The second-order valence-electron chi connectivity index (χ2n) is 9.56. The van der Waals surface area contributed by atoms with Gasteiger partial charge in [-0.1, -0.05) is 53.7 Å². The van der Waals surface area contributed by atoms with Crippen molar-refractivity contribution in [1.29, 1.82) is 0 Å². The maximum atomic E-state index is 13.4. The summed E-state index contributed by atoms with van der Waals surface area (Å²) < 4.78 is 11.2. The molecule has 3 aromatic rings. The van der Waals surface area contributed by atoms with E-state index in [-0.39, 0.29) is 18.2 Å². The molecule has 0 bridgehead atoms. The number of ether oxygens (including phenoxy) is 1. The summed E-state index contributed by atoms with van der Waals surface area (Å²) in [4.78, 5) is 31.3. The van der Waals surface area contributed by atoms with E-state index in [1.165, 1.54) is 12.1 Å². The highest BCUT2D eigenvalue weighted by Gasteiger charge is 2.38. The van der Waals surface area contributed by atoms with E-state index in [2.05, 4.69) is 39.1 Å². The standard InChI is InChI=1S/C30H33N5O5/c1-5-7-16-24-28(30(36)39-6-2)27(22-14-11-15-23(17-22)35(37)38)26(20(3)31-24)29-32-25(33-40-29)19-34(4)18-21-12-9-8-10-13-21/h5,8-15,17,27,31H,1,6-7,16,18-19H2,2-4H3. The minimum atomic E-state index is -0.727. The monoisotopic (exact) mass is 543 g/mol. The Morgan fingerprint density at radius 2 is 2.00 bits per heavy atom. The average molecular weight is 544 g/mol. The van der Waals surface area contributed by atoms with Gasteiger partial charge in [0.1, 0.15) is 0 Å². The largest absolute Gasteiger partial charge is 0.463 e. The molecule has 4 rings (SSSR count). The van der Waals surface area contributed by atoms with Crippen molar-refractivity contribution in [2.24, 2.45) is 0 Å². The summed E-state index contributed by atoms with van der Waals surface area (Å²) in [5.74, 6) is -0.534. The fourth-order valence-electron chi connectivity index (χ4n) is 4.84. The van der Waals surface area contributed by atoms with Gasteiger partial charge in [-0.3, -0.25) is 15.0 Å². The molecule has 1 aliphatic rings. The maximum Gasteiger partial charge on any atom is 0.336 e. The predicted molar refractivity (Wildman–Crippen MR) is 151 cm³/mol. The summed E-state index contributed by atoms with van der Waals surface area (Å²) >= 11 is 0. The first-order valence-corrected chi connectivity index (χ1v) is 13.1. The van der Waals surface area contributed by atoms with Crippen LogP contribution in [0.25, 0.3) is 5.57 Å². The van der Waals surface area contributed by atoms with E-state index in [1.54, 1.807) is 25.1 Å². The summed E-state index contributed by atoms with van der Waals surface area (Å²) in [6.45, 7) is 8.71. The number of nitro groups is 1. The van der Waals surface area contributed by atoms with Gasteiger partial charge in [0, 0.05) is 35.6 Å². The second kappa shape index (κ2) is 13.0. The maximum absolute atomic E-state index is 13.4. The molecule has 2 heterocycles. The Kier molecular flexibility index (Phi) is 9.23. The van der Waals surface area contributed by atoms with Crippen molar-refractivity contribution in [3.8, 4) is 0 Å². The van der Waals surface area contributed by atoms with Crippen molar-refractivity contribution < 1.29 is 19.0 Å². The molecule has 10 heteroatoms. The predicted octanol–water partition coefficient (Wildman–Crippen LogP) is 5.51. The van der Waals surface area contributed by atoms with Crippen LogP contribution in [0.4, 0.5) is 5.69 Å². The average Bonchev–Trinajstić information content (AvgIpc) is 3.39. The molecule has 2 aromatic carbocycles. The highest BCUT2D eigenvalue weighted by atomic mass is 16.6. The fraction of sp³-hybridized carbons (Fsp3) is 0.300. The van der Waals surface area contributed by atoms with Crippen LogP contribution in [-0.4, -0.2) is 39.6 Å². The van der Waals surface area contributed by atoms with Gasteiger partial charge in [-0.05, 0) is 44.9 Å². The van der Waals surface area contributed by atoms with E-state index in [0.717, 1.165) is 5.56 Å². The number of hydrogen-bond donors (Lipinski definition) is 1. The van der Waals surface area contributed by atoms with Crippen LogP contribution in [-0.2, 0) is 22.6 Å². The summed E-state index contributed by atoms with van der Waals surface area (Å²) in [6, 6.07) is 16.3. The number of benzene rings is 2. The molecule has 1 aliphatic heterocycles. The highest BCUT2D eigenvalue weighted by Crippen LogP contribution is 2.44. The van der Waals surface area contributed by atoms with Gasteiger partial charge >= 0.3 is 5.97 Å². The van der Waals surface area contributed by atoms with Crippen LogP contribution in [0.15, 0.2) is 88.7 Å². The Hall–Kier alpha value is -4.57. The van der Waals surface area contributed by atoms with Crippen LogP contribution < -0.4 is 5.32 Å². The highest BCUT2D eigenvalue weighted by molar-refractivity contribution is 5.97. The smallest absolute Gasteiger partial charge is 0.336 e. The number of carbonyl (C=O) groups is 1. The third-order valence-corrected chi connectivity index (χ3v) is 6.56. The molecule has 0 radical (unpaired) electrons. The second-order valence-corrected chi connectivity index (χ2v) is 9.56. The molecule has 40 heavy (non-hydrogen) atoms. The number of carbonyl (C=O) groups excluding carboxylic acids is 1. The molecule has 0 saturated carbocycles. The van der Waals surface area contributed by atoms with Gasteiger partial charge in [0.15, 0.2) is 5.82 Å². The van der Waals surface area contributed by atoms with Crippen LogP contribution in [0.2, 0.25) is 0 Å². The summed E-state index contributed by atoms with van der Waals surface area (Å²) in [7, 11) is 1.97. The number of nitrogens with zero attached hydrogens (tertiary/aromatic N) is 4. The quantitative estimate of drug-likeness (QED) is 0.136. The van der Waals surface area contributed by atoms with E-state index < -0.39 is 16.8 Å². The Labute approximate surface area is 233 Å². The molecule has 0 fully saturated rings. The molecule has 208 valence electrons. The van der Waals surface area contributed by atoms with Crippen molar-refractivity contribution in [3.63, 3.8) is 0 Å². The van der Waals surface area contributed by atoms with Crippen LogP contribution in [0.3, 0.4) is 0 Å². The van der Waals surface area contributed by atoms with E-state index in [1.807, 2.05) is 32.2 Å². The number of non-ortho nitro benzene ring substituents is 1. The Balaban J connectivity index is 1.76. The minimum Gasteiger partial charge on any atom is -0.463 e. The zero-order chi connectivity index (χ0) is 28.6. The van der Waals surface area contributed by atoms with Crippen molar-refractivity contribution >= 4 is 17.2 Å². The Morgan fingerprint density at radius 3 is 2.70 bits per heavy atom. The molecule has 0 spiro atoms. The molecule has 0 amide bonds. The van der Waals surface area contributed by atoms with Crippen LogP contribution in [0, 0.1) is 10.1 Å². The van der Waals surface area contributed by atoms with Gasteiger partial charge in [-0.25, -0.2) is 4.79 Å². The van der Waals surface area contributed by atoms with Gasteiger partial charge in [-0.2, -0.15) is 4.98 Å². The Morgan fingerprint density at radius 1 is 1.23 bits per heavy atom. The first-order valence-electron chi connectivity index (χ1n) is 13.1. The third kappa shape index (κ3) is 6.52. The molecule has 0 saturated heterocycles. The van der Waals surface area contributed by atoms with E-state index in [0.29, 0.717) is 59.9 Å². The van der Waals surface area contributed by atoms with Gasteiger partial charge in [-0.15, -0.1) is 6.58 Å². The molecule has 1 N–H and O–H groups in total. The van der Waals surface area contributed by atoms with Gasteiger partial charge in [0.25, 0.3) is 11.6 Å². The van der Waals surface area contributed by atoms with Gasteiger partial charge in [0.2, 0.25) is 0 Å². The van der Waals surface area contributed by atoms with E-state index in [4.69, 9.17) is 9.26 Å². The van der Waals surface area contributed by atoms with Crippen molar-refractivity contribution in [3.05, 3.63) is 117 Å². The van der Waals surface area contributed by atoms with Gasteiger partial charge in [0.05, 0.1) is 29.6 Å². The number of dihydropyridines is 1. The third-order valence-electron chi connectivity index (χ3n) is 6.56.